The van der Waals surface area contributed by atoms with Gasteiger partial charge in [0.1, 0.15) is 0 Å². The van der Waals surface area contributed by atoms with Crippen molar-refractivity contribution in [3.63, 3.8) is 0 Å². The predicted octanol–water partition coefficient (Wildman–Crippen LogP) is 4.59. The number of carbonyl (C=O) groups is 1. The average Bonchev–Trinajstić information content (AvgIpc) is 3.26. The van der Waals surface area contributed by atoms with Gasteiger partial charge in [-0.3, -0.25) is 4.79 Å². The number of carbonyl (C=O) groups excluding carboxylic acids is 1. The first kappa shape index (κ1) is 14.8. The van der Waals surface area contributed by atoms with Crippen molar-refractivity contribution in [2.24, 2.45) is 0 Å². The van der Waals surface area contributed by atoms with Gasteiger partial charge in [0.05, 0.1) is 11.3 Å². The van der Waals surface area contributed by atoms with Crippen molar-refractivity contribution in [1.29, 1.82) is 0 Å². The quantitative estimate of drug-likeness (QED) is 0.757. The van der Waals surface area contributed by atoms with E-state index in [1.165, 1.54) is 0 Å². The lowest BCUT2D eigenvalue weighted by molar-refractivity contribution is 0.105. The number of benzene rings is 3. The van der Waals surface area contributed by atoms with Gasteiger partial charge in [-0.15, -0.1) is 0 Å². The van der Waals surface area contributed by atoms with Gasteiger partial charge in [-0.1, -0.05) is 54.6 Å². The van der Waals surface area contributed by atoms with E-state index in [9.17, 15) is 4.79 Å². The number of fused-ring (bicyclic) bond motifs is 2. The summed E-state index contributed by atoms with van der Waals surface area (Å²) in [6.45, 7) is 0.234. The van der Waals surface area contributed by atoms with Crippen LogP contribution in [0.2, 0.25) is 0 Å². The van der Waals surface area contributed by atoms with Crippen molar-refractivity contribution in [2.45, 2.75) is 0 Å². The maximum atomic E-state index is 13.0. The molecule has 0 spiro atoms. The van der Waals surface area contributed by atoms with Crippen LogP contribution < -0.4 is 14.8 Å². The fraction of sp³-hybridized carbons (Fsp3) is 0.0455. The number of rotatable bonds is 3. The minimum absolute atomic E-state index is 0.0371. The Balaban J connectivity index is 1.64. The zero-order valence-corrected chi connectivity index (χ0v) is 13.9. The van der Waals surface area contributed by atoms with Crippen LogP contribution in [0.4, 0.5) is 5.69 Å². The van der Waals surface area contributed by atoms with E-state index in [2.05, 4.69) is 5.32 Å². The molecule has 1 N–H and O–H groups in total. The molecule has 0 unspecified atom stereocenters. The van der Waals surface area contributed by atoms with E-state index in [1.807, 2.05) is 72.8 Å². The Labute approximate surface area is 150 Å². The summed E-state index contributed by atoms with van der Waals surface area (Å²) in [7, 11) is 0. The van der Waals surface area contributed by atoms with Gasteiger partial charge in [0.15, 0.2) is 17.3 Å². The molecule has 0 aromatic heterocycles. The molecule has 126 valence electrons. The molecular weight excluding hydrogens is 326 g/mol. The lowest BCUT2D eigenvalue weighted by atomic mass is 10.0. The van der Waals surface area contributed by atoms with Crippen molar-refractivity contribution < 1.29 is 14.3 Å². The molecule has 4 heteroatoms. The molecular formula is C22H15NO3. The standard InChI is InChI=1S/C22H15NO3/c24-22-17-9-5-4-8-16(17)21(20(22)14-6-2-1-3-7-14)23-15-10-11-18-19(12-15)26-13-25-18/h1-12,23H,13H2. The maximum Gasteiger partial charge on any atom is 0.231 e. The Hall–Kier alpha value is -3.53. The molecule has 0 saturated heterocycles. The van der Waals surface area contributed by atoms with Crippen molar-refractivity contribution >= 4 is 22.7 Å². The highest BCUT2D eigenvalue weighted by atomic mass is 16.7. The first-order valence-corrected chi connectivity index (χ1v) is 8.42. The van der Waals surface area contributed by atoms with Gasteiger partial charge in [0, 0.05) is 22.9 Å². The highest BCUT2D eigenvalue weighted by molar-refractivity contribution is 6.40. The van der Waals surface area contributed by atoms with Crippen LogP contribution in [0, 0.1) is 0 Å². The molecule has 0 amide bonds. The zero-order chi connectivity index (χ0) is 17.5. The molecule has 3 aromatic carbocycles. The van der Waals surface area contributed by atoms with Gasteiger partial charge in [0.25, 0.3) is 0 Å². The third-order valence-corrected chi connectivity index (χ3v) is 4.62. The first-order valence-electron chi connectivity index (χ1n) is 8.42. The Bertz CT molecular complexity index is 1050. The third-order valence-electron chi connectivity index (χ3n) is 4.62. The van der Waals surface area contributed by atoms with E-state index in [1.54, 1.807) is 0 Å². The number of nitrogens with one attached hydrogen (secondary N) is 1. The lowest BCUT2D eigenvalue weighted by Gasteiger charge is -2.12. The van der Waals surface area contributed by atoms with E-state index >= 15 is 0 Å². The summed E-state index contributed by atoms with van der Waals surface area (Å²) < 4.78 is 10.8. The van der Waals surface area contributed by atoms with E-state index in [-0.39, 0.29) is 12.6 Å². The van der Waals surface area contributed by atoms with E-state index in [0.717, 1.165) is 33.8 Å². The summed E-state index contributed by atoms with van der Waals surface area (Å²) >= 11 is 0. The number of anilines is 1. The van der Waals surface area contributed by atoms with Crippen LogP contribution in [0.1, 0.15) is 21.5 Å². The SMILES string of the molecule is O=C1C(c2ccccc2)=C(Nc2ccc3c(c2)OCO3)c2ccccc21. The zero-order valence-electron chi connectivity index (χ0n) is 13.9. The summed E-state index contributed by atoms with van der Waals surface area (Å²) in [6, 6.07) is 23.1. The van der Waals surface area contributed by atoms with Gasteiger partial charge in [-0.25, -0.2) is 0 Å². The normalized spacial score (nSPS) is 14.5. The molecule has 0 atom stereocenters. The number of Topliss-reactive ketones (excluding diaryl/α,β-unsaturated/α-hetero) is 1. The van der Waals surface area contributed by atoms with Crippen LogP contribution in [-0.2, 0) is 0 Å². The molecule has 1 aliphatic heterocycles. The second-order valence-electron chi connectivity index (χ2n) is 6.18. The molecule has 5 rings (SSSR count). The van der Waals surface area contributed by atoms with Crippen molar-refractivity contribution in [3.8, 4) is 11.5 Å². The fourth-order valence-electron chi connectivity index (χ4n) is 3.41. The lowest BCUT2D eigenvalue weighted by Crippen LogP contribution is -2.01. The number of hydrogen-bond donors (Lipinski definition) is 1. The molecule has 4 nitrogen and oxygen atoms in total. The molecule has 0 radical (unpaired) electrons. The topological polar surface area (TPSA) is 47.6 Å². The summed E-state index contributed by atoms with van der Waals surface area (Å²) in [6.07, 6.45) is 0. The number of ketones is 1. The van der Waals surface area contributed by atoms with E-state index in [0.29, 0.717) is 11.3 Å². The molecule has 26 heavy (non-hydrogen) atoms. The molecule has 3 aromatic rings. The Morgan fingerprint density at radius 3 is 2.35 bits per heavy atom. The minimum atomic E-state index is 0.0371. The monoisotopic (exact) mass is 341 g/mol. The van der Waals surface area contributed by atoms with Gasteiger partial charge in [-0.2, -0.15) is 0 Å². The van der Waals surface area contributed by atoms with Crippen molar-refractivity contribution in [1.82, 2.24) is 0 Å². The Kier molecular flexibility index (Phi) is 3.28. The van der Waals surface area contributed by atoms with Crippen LogP contribution in [0.25, 0.3) is 11.3 Å². The van der Waals surface area contributed by atoms with E-state index < -0.39 is 0 Å². The van der Waals surface area contributed by atoms with Crippen LogP contribution in [0.15, 0.2) is 72.8 Å². The summed E-state index contributed by atoms with van der Waals surface area (Å²) in [4.78, 5) is 13.0. The van der Waals surface area contributed by atoms with Crippen molar-refractivity contribution in [3.05, 3.63) is 89.5 Å². The fourth-order valence-corrected chi connectivity index (χ4v) is 3.41. The summed E-state index contributed by atoms with van der Waals surface area (Å²) in [5, 5.41) is 3.43. The van der Waals surface area contributed by atoms with Gasteiger partial charge in [-0.05, 0) is 17.7 Å². The number of allylic oxidation sites excluding steroid dienone is 1. The van der Waals surface area contributed by atoms with Gasteiger partial charge < -0.3 is 14.8 Å². The highest BCUT2D eigenvalue weighted by Gasteiger charge is 2.30. The second kappa shape index (κ2) is 5.77. The predicted molar refractivity (Wildman–Crippen MR) is 100 cm³/mol. The van der Waals surface area contributed by atoms with Crippen LogP contribution in [0.3, 0.4) is 0 Å². The van der Waals surface area contributed by atoms with Crippen LogP contribution >= 0.6 is 0 Å². The molecule has 2 aliphatic rings. The van der Waals surface area contributed by atoms with Gasteiger partial charge >= 0.3 is 0 Å². The van der Waals surface area contributed by atoms with Crippen molar-refractivity contribution in [2.75, 3.05) is 12.1 Å². The molecule has 0 bridgehead atoms. The van der Waals surface area contributed by atoms with E-state index in [4.69, 9.17) is 9.47 Å². The summed E-state index contributed by atoms with van der Waals surface area (Å²) in [5.74, 6) is 1.47. The Morgan fingerprint density at radius 2 is 1.50 bits per heavy atom. The number of hydrogen-bond acceptors (Lipinski definition) is 4. The molecule has 0 fully saturated rings. The van der Waals surface area contributed by atoms with Crippen LogP contribution in [0.5, 0.6) is 11.5 Å². The van der Waals surface area contributed by atoms with Gasteiger partial charge in [0.2, 0.25) is 6.79 Å². The average molecular weight is 341 g/mol. The second-order valence-corrected chi connectivity index (χ2v) is 6.18. The van der Waals surface area contributed by atoms with Crippen LogP contribution in [-0.4, -0.2) is 12.6 Å². The minimum Gasteiger partial charge on any atom is -0.454 e. The molecule has 0 saturated carbocycles. The maximum absolute atomic E-state index is 13.0. The number of ether oxygens (including phenoxy) is 2. The molecule has 1 heterocycles. The smallest absolute Gasteiger partial charge is 0.231 e. The third kappa shape index (κ3) is 2.27. The largest absolute Gasteiger partial charge is 0.454 e. The first-order chi connectivity index (χ1) is 12.8. The Morgan fingerprint density at radius 1 is 0.769 bits per heavy atom. The molecule has 1 aliphatic carbocycles. The summed E-state index contributed by atoms with van der Waals surface area (Å²) in [5.41, 5.74) is 4.88. The highest BCUT2D eigenvalue weighted by Crippen LogP contribution is 2.40.